The molecule has 2 aromatic carbocycles. The Morgan fingerprint density at radius 1 is 0.850 bits per heavy atom. The van der Waals surface area contributed by atoms with Gasteiger partial charge in [0.05, 0.1) is 30.4 Å². The Kier molecular flexibility index (Phi) is 9.09. The maximum Gasteiger partial charge on any atom is 0.416 e. The van der Waals surface area contributed by atoms with Crippen molar-refractivity contribution in [3.8, 4) is 0 Å². The van der Waals surface area contributed by atoms with Gasteiger partial charge in [0.15, 0.2) is 0 Å². The standard InChI is InChI=1S/C28H31F6N3O3/c1-19(38)36-11-9-35(10-12-36)17-26(39)37-8-7-25(24(16-37)21-5-3-2-4-6-21)40-18-20-13-22(27(29,30)31)15-23(14-20)28(32,33)34/h2-6,13-15,24-25H,7-12,16-18H2,1H3/t24-,25-/m1/s1. The number of benzene rings is 2. The number of hydrogen-bond acceptors (Lipinski definition) is 4. The molecular formula is C28H31F6N3O3. The molecule has 2 heterocycles. The van der Waals surface area contributed by atoms with E-state index in [0.29, 0.717) is 57.8 Å². The molecule has 2 aliphatic rings. The molecule has 0 radical (unpaired) electrons. The Balaban J connectivity index is 1.45. The molecule has 2 atom stereocenters. The zero-order chi connectivity index (χ0) is 29.1. The summed E-state index contributed by atoms with van der Waals surface area (Å²) < 4.78 is 85.7. The van der Waals surface area contributed by atoms with E-state index in [0.717, 1.165) is 5.56 Å². The lowest BCUT2D eigenvalue weighted by Crippen LogP contribution is -2.53. The van der Waals surface area contributed by atoms with E-state index in [-0.39, 0.29) is 35.9 Å². The fourth-order valence-electron chi connectivity index (χ4n) is 5.19. The molecule has 6 nitrogen and oxygen atoms in total. The number of hydrogen-bond donors (Lipinski definition) is 0. The second-order valence-corrected chi connectivity index (χ2v) is 10.2. The lowest BCUT2D eigenvalue weighted by atomic mass is 9.87. The van der Waals surface area contributed by atoms with Crippen LogP contribution in [0, 0.1) is 0 Å². The van der Waals surface area contributed by atoms with E-state index in [1.807, 2.05) is 35.2 Å². The number of alkyl halides is 6. The molecule has 0 saturated carbocycles. The van der Waals surface area contributed by atoms with E-state index in [4.69, 9.17) is 4.74 Å². The van der Waals surface area contributed by atoms with Crippen molar-refractivity contribution in [3.05, 3.63) is 70.8 Å². The molecular weight excluding hydrogens is 540 g/mol. The molecule has 2 amide bonds. The molecule has 0 aliphatic carbocycles. The number of rotatable bonds is 6. The van der Waals surface area contributed by atoms with Crippen LogP contribution in [0.3, 0.4) is 0 Å². The van der Waals surface area contributed by atoms with Gasteiger partial charge < -0.3 is 14.5 Å². The summed E-state index contributed by atoms with van der Waals surface area (Å²) in [6, 6.07) is 10.7. The van der Waals surface area contributed by atoms with Crippen molar-refractivity contribution in [2.24, 2.45) is 0 Å². The van der Waals surface area contributed by atoms with E-state index < -0.39 is 36.2 Å². The van der Waals surface area contributed by atoms with E-state index in [2.05, 4.69) is 0 Å². The average Bonchev–Trinajstić information content (AvgIpc) is 2.91. The van der Waals surface area contributed by atoms with Crippen molar-refractivity contribution < 1.29 is 40.7 Å². The highest BCUT2D eigenvalue weighted by Gasteiger charge is 2.38. The highest BCUT2D eigenvalue weighted by molar-refractivity contribution is 5.78. The first kappa shape index (κ1) is 29.9. The number of halogens is 6. The van der Waals surface area contributed by atoms with Gasteiger partial charge >= 0.3 is 12.4 Å². The van der Waals surface area contributed by atoms with Crippen molar-refractivity contribution in [1.29, 1.82) is 0 Å². The third-order valence-electron chi connectivity index (χ3n) is 7.42. The third kappa shape index (κ3) is 7.54. The van der Waals surface area contributed by atoms with Gasteiger partial charge in [0.25, 0.3) is 0 Å². The Bertz CT molecular complexity index is 1150. The Hall–Kier alpha value is -3.12. The van der Waals surface area contributed by atoms with Gasteiger partial charge in [-0.15, -0.1) is 0 Å². The summed E-state index contributed by atoms with van der Waals surface area (Å²) in [6.45, 7) is 4.20. The van der Waals surface area contributed by atoms with Gasteiger partial charge in [0.1, 0.15) is 0 Å². The van der Waals surface area contributed by atoms with Crippen LogP contribution in [0.1, 0.15) is 41.5 Å². The fraction of sp³-hybridized carbons (Fsp3) is 0.500. The maximum atomic E-state index is 13.3. The van der Waals surface area contributed by atoms with Crippen molar-refractivity contribution in [1.82, 2.24) is 14.7 Å². The fourth-order valence-corrected chi connectivity index (χ4v) is 5.19. The summed E-state index contributed by atoms with van der Waals surface area (Å²) in [5.41, 5.74) is -2.13. The van der Waals surface area contributed by atoms with E-state index in [1.54, 1.807) is 9.80 Å². The number of carbonyl (C=O) groups excluding carboxylic acids is 2. The first-order valence-electron chi connectivity index (χ1n) is 13.0. The van der Waals surface area contributed by atoms with E-state index in [9.17, 15) is 35.9 Å². The molecule has 0 aromatic heterocycles. The summed E-state index contributed by atoms with van der Waals surface area (Å²) in [7, 11) is 0. The number of amides is 2. The minimum atomic E-state index is -4.94. The van der Waals surface area contributed by atoms with Crippen molar-refractivity contribution in [3.63, 3.8) is 0 Å². The predicted molar refractivity (Wildman–Crippen MR) is 134 cm³/mol. The summed E-state index contributed by atoms with van der Waals surface area (Å²) in [5, 5.41) is 0. The molecule has 2 saturated heterocycles. The molecule has 2 aliphatic heterocycles. The topological polar surface area (TPSA) is 53.1 Å². The van der Waals surface area contributed by atoms with Crippen LogP contribution < -0.4 is 0 Å². The van der Waals surface area contributed by atoms with Crippen LogP contribution in [0.2, 0.25) is 0 Å². The molecule has 0 bridgehead atoms. The quantitative estimate of drug-likeness (QED) is 0.468. The lowest BCUT2D eigenvalue weighted by Gasteiger charge is -2.40. The van der Waals surface area contributed by atoms with Gasteiger partial charge in [0, 0.05) is 52.1 Å². The van der Waals surface area contributed by atoms with Crippen LogP contribution in [-0.2, 0) is 33.3 Å². The van der Waals surface area contributed by atoms with E-state index >= 15 is 0 Å². The molecule has 40 heavy (non-hydrogen) atoms. The summed E-state index contributed by atoms with van der Waals surface area (Å²) in [6.07, 6.45) is -10.0. The average molecular weight is 572 g/mol. The Morgan fingerprint density at radius 3 is 2.00 bits per heavy atom. The number of nitrogens with zero attached hydrogens (tertiary/aromatic N) is 3. The van der Waals surface area contributed by atoms with Gasteiger partial charge in [-0.1, -0.05) is 30.3 Å². The van der Waals surface area contributed by atoms with Crippen LogP contribution in [0.5, 0.6) is 0 Å². The number of ether oxygens (including phenoxy) is 1. The highest BCUT2D eigenvalue weighted by atomic mass is 19.4. The zero-order valence-corrected chi connectivity index (χ0v) is 22.0. The second kappa shape index (κ2) is 12.2. The van der Waals surface area contributed by atoms with Crippen LogP contribution in [0.15, 0.2) is 48.5 Å². The second-order valence-electron chi connectivity index (χ2n) is 10.2. The molecule has 0 spiro atoms. The van der Waals surface area contributed by atoms with Gasteiger partial charge in [-0.2, -0.15) is 26.3 Å². The van der Waals surface area contributed by atoms with E-state index in [1.165, 1.54) is 6.92 Å². The Labute approximate surface area is 228 Å². The molecule has 2 fully saturated rings. The normalized spacial score (nSPS) is 21.0. The Morgan fingerprint density at radius 2 is 1.45 bits per heavy atom. The van der Waals surface area contributed by atoms with Gasteiger partial charge in [-0.25, -0.2) is 0 Å². The molecule has 2 aromatic rings. The van der Waals surface area contributed by atoms with Crippen molar-refractivity contribution in [2.45, 2.75) is 44.3 Å². The number of piperazine rings is 1. The lowest BCUT2D eigenvalue weighted by molar-refractivity contribution is -0.143. The van der Waals surface area contributed by atoms with Crippen LogP contribution in [-0.4, -0.2) is 78.4 Å². The minimum absolute atomic E-state index is 0.00138. The first-order valence-corrected chi connectivity index (χ1v) is 13.0. The molecule has 4 rings (SSSR count). The molecule has 12 heteroatoms. The van der Waals surface area contributed by atoms with Gasteiger partial charge in [0.2, 0.25) is 11.8 Å². The van der Waals surface area contributed by atoms with Crippen LogP contribution >= 0.6 is 0 Å². The monoisotopic (exact) mass is 571 g/mol. The van der Waals surface area contributed by atoms with Gasteiger partial charge in [-0.05, 0) is 35.7 Å². The first-order chi connectivity index (χ1) is 18.8. The SMILES string of the molecule is CC(=O)N1CCN(CC(=O)N2CC[C@@H](OCc3cc(C(F)(F)F)cc(C(F)(F)F)c3)[C@@H](c3ccccc3)C2)CC1. The maximum absolute atomic E-state index is 13.3. The number of carbonyl (C=O) groups is 2. The smallest absolute Gasteiger partial charge is 0.373 e. The van der Waals surface area contributed by atoms with Crippen molar-refractivity contribution in [2.75, 3.05) is 45.8 Å². The summed E-state index contributed by atoms with van der Waals surface area (Å²) >= 11 is 0. The third-order valence-corrected chi connectivity index (χ3v) is 7.42. The largest absolute Gasteiger partial charge is 0.416 e. The number of likely N-dealkylation sites (tertiary alicyclic amines) is 1. The molecule has 0 N–H and O–H groups in total. The zero-order valence-electron chi connectivity index (χ0n) is 22.0. The van der Waals surface area contributed by atoms with Crippen LogP contribution in [0.4, 0.5) is 26.3 Å². The van der Waals surface area contributed by atoms with Gasteiger partial charge in [-0.3, -0.25) is 14.5 Å². The number of piperidine rings is 1. The molecule has 0 unspecified atom stereocenters. The highest BCUT2D eigenvalue weighted by Crippen LogP contribution is 2.37. The summed E-state index contributed by atoms with van der Waals surface area (Å²) in [5.74, 6) is -0.400. The summed E-state index contributed by atoms with van der Waals surface area (Å²) in [4.78, 5) is 30.2. The minimum Gasteiger partial charge on any atom is -0.373 e. The predicted octanol–water partition coefficient (Wildman–Crippen LogP) is 4.79. The molecule has 218 valence electrons. The van der Waals surface area contributed by atoms with Crippen LogP contribution in [0.25, 0.3) is 0 Å². The van der Waals surface area contributed by atoms with Crippen molar-refractivity contribution >= 4 is 11.8 Å².